The van der Waals surface area contributed by atoms with Gasteiger partial charge in [0.1, 0.15) is 0 Å². The maximum atomic E-state index is 11.1. The van der Waals surface area contributed by atoms with Gasteiger partial charge in [0.15, 0.2) is 0 Å². The van der Waals surface area contributed by atoms with E-state index in [-0.39, 0.29) is 35.9 Å². The van der Waals surface area contributed by atoms with E-state index in [1.165, 1.54) is 12.2 Å². The maximum Gasteiger partial charge on any atom is 0.243 e. The molecule has 6 heteroatoms. The number of hydrogen-bond donors (Lipinski definition) is 2. The molecule has 0 aromatic heterocycles. The van der Waals surface area contributed by atoms with E-state index in [1.54, 1.807) is 0 Å². The third-order valence-corrected chi connectivity index (χ3v) is 3.65. The number of nitrogens with one attached hydrogen (secondary N) is 2. The standard InChI is InChI=1S/C18H32N2O4/c1-7-17(21)19-9-13(3)11-24-16(6)14(4)12-23-15(5)10-20-18(22)8-2/h7-8,13-16H,1-2,9-12H2,3-6H3,(H,19,21)(H,20,22). The van der Waals surface area contributed by atoms with Crippen LogP contribution in [0.25, 0.3) is 0 Å². The lowest BCUT2D eigenvalue weighted by atomic mass is 10.1. The molecular weight excluding hydrogens is 308 g/mol. The second kappa shape index (κ2) is 12.7. The molecule has 0 fully saturated rings. The Morgan fingerprint density at radius 2 is 1.46 bits per heavy atom. The highest BCUT2D eigenvalue weighted by molar-refractivity contribution is 5.87. The monoisotopic (exact) mass is 340 g/mol. The Balaban J connectivity index is 3.91. The Hall–Kier alpha value is -1.66. The van der Waals surface area contributed by atoms with Crippen LogP contribution in [-0.2, 0) is 19.1 Å². The summed E-state index contributed by atoms with van der Waals surface area (Å²) in [6.45, 7) is 16.9. The van der Waals surface area contributed by atoms with Crippen LogP contribution in [0.15, 0.2) is 25.3 Å². The van der Waals surface area contributed by atoms with E-state index in [0.717, 1.165) is 0 Å². The summed E-state index contributed by atoms with van der Waals surface area (Å²) >= 11 is 0. The molecule has 0 saturated heterocycles. The molecule has 0 rings (SSSR count). The van der Waals surface area contributed by atoms with Crippen molar-refractivity contribution < 1.29 is 19.1 Å². The summed E-state index contributed by atoms with van der Waals surface area (Å²) in [5.74, 6) is 0.0666. The predicted molar refractivity (Wildman–Crippen MR) is 95.6 cm³/mol. The first kappa shape index (κ1) is 22.3. The molecule has 2 N–H and O–H groups in total. The molecule has 138 valence electrons. The van der Waals surface area contributed by atoms with Gasteiger partial charge in [0.05, 0.1) is 25.4 Å². The SMILES string of the molecule is C=CC(=O)NCC(C)COC(C)C(C)COC(C)CNC(=O)C=C. The van der Waals surface area contributed by atoms with Crippen molar-refractivity contribution in [2.24, 2.45) is 11.8 Å². The molecule has 0 aromatic carbocycles. The molecule has 0 saturated carbocycles. The van der Waals surface area contributed by atoms with Gasteiger partial charge in [0.25, 0.3) is 0 Å². The van der Waals surface area contributed by atoms with Crippen molar-refractivity contribution in [1.29, 1.82) is 0 Å². The summed E-state index contributed by atoms with van der Waals surface area (Å²) in [7, 11) is 0. The molecule has 0 heterocycles. The highest BCUT2D eigenvalue weighted by atomic mass is 16.5. The first-order valence-electron chi connectivity index (χ1n) is 8.33. The minimum absolute atomic E-state index is 0.0394. The van der Waals surface area contributed by atoms with Crippen LogP contribution < -0.4 is 10.6 Å². The van der Waals surface area contributed by atoms with Crippen molar-refractivity contribution in [1.82, 2.24) is 10.6 Å². The van der Waals surface area contributed by atoms with Crippen LogP contribution in [0.1, 0.15) is 27.7 Å². The van der Waals surface area contributed by atoms with Gasteiger partial charge < -0.3 is 20.1 Å². The molecule has 4 atom stereocenters. The number of carbonyl (C=O) groups excluding carboxylic acids is 2. The second-order valence-electron chi connectivity index (χ2n) is 6.16. The van der Waals surface area contributed by atoms with E-state index in [9.17, 15) is 9.59 Å². The smallest absolute Gasteiger partial charge is 0.243 e. The summed E-state index contributed by atoms with van der Waals surface area (Å²) in [5, 5.41) is 5.45. The van der Waals surface area contributed by atoms with Crippen LogP contribution in [0, 0.1) is 11.8 Å². The Morgan fingerprint density at radius 3 is 2.00 bits per heavy atom. The maximum absolute atomic E-state index is 11.1. The van der Waals surface area contributed by atoms with Gasteiger partial charge in [-0.05, 0) is 31.9 Å². The van der Waals surface area contributed by atoms with Gasteiger partial charge in [-0.1, -0.05) is 27.0 Å². The van der Waals surface area contributed by atoms with Crippen LogP contribution in [0.3, 0.4) is 0 Å². The molecule has 24 heavy (non-hydrogen) atoms. The summed E-state index contributed by atoms with van der Waals surface area (Å²) in [6, 6.07) is 0. The minimum atomic E-state index is -0.201. The quantitative estimate of drug-likeness (QED) is 0.500. The Bertz CT molecular complexity index is 374. The number of rotatable bonds is 13. The molecule has 0 aliphatic rings. The Kier molecular flexibility index (Phi) is 11.8. The molecular formula is C18H32N2O4. The lowest BCUT2D eigenvalue weighted by Gasteiger charge is -2.24. The lowest BCUT2D eigenvalue weighted by molar-refractivity contribution is -0.118. The van der Waals surface area contributed by atoms with E-state index in [0.29, 0.717) is 26.3 Å². The third kappa shape index (κ3) is 11.0. The first-order chi connectivity index (χ1) is 11.3. The van der Waals surface area contributed by atoms with Crippen molar-refractivity contribution >= 4 is 11.8 Å². The van der Waals surface area contributed by atoms with Gasteiger partial charge in [-0.3, -0.25) is 9.59 Å². The van der Waals surface area contributed by atoms with E-state index in [4.69, 9.17) is 9.47 Å². The zero-order chi connectivity index (χ0) is 18.5. The number of hydrogen-bond acceptors (Lipinski definition) is 4. The topological polar surface area (TPSA) is 76.7 Å². The fraction of sp³-hybridized carbons (Fsp3) is 0.667. The first-order valence-corrected chi connectivity index (χ1v) is 8.33. The molecule has 6 nitrogen and oxygen atoms in total. The molecule has 0 aliphatic heterocycles. The van der Waals surface area contributed by atoms with Crippen molar-refractivity contribution in [2.45, 2.75) is 39.9 Å². The van der Waals surface area contributed by atoms with Crippen molar-refractivity contribution in [2.75, 3.05) is 26.3 Å². The van der Waals surface area contributed by atoms with Crippen LogP contribution in [-0.4, -0.2) is 50.3 Å². The van der Waals surface area contributed by atoms with E-state index < -0.39 is 0 Å². The normalized spacial score (nSPS) is 15.7. The van der Waals surface area contributed by atoms with Crippen molar-refractivity contribution in [3.05, 3.63) is 25.3 Å². The summed E-state index contributed by atoms with van der Waals surface area (Å²) < 4.78 is 11.6. The van der Waals surface area contributed by atoms with Crippen molar-refractivity contribution in [3.8, 4) is 0 Å². The zero-order valence-electron chi connectivity index (χ0n) is 15.3. The van der Waals surface area contributed by atoms with Crippen LogP contribution in [0.5, 0.6) is 0 Å². The minimum Gasteiger partial charge on any atom is -0.378 e. The molecule has 0 spiro atoms. The fourth-order valence-electron chi connectivity index (χ4n) is 1.71. The zero-order valence-corrected chi connectivity index (χ0v) is 15.3. The van der Waals surface area contributed by atoms with Crippen LogP contribution in [0.4, 0.5) is 0 Å². The van der Waals surface area contributed by atoms with Gasteiger partial charge in [0, 0.05) is 19.0 Å². The number of amides is 2. The number of ether oxygens (including phenoxy) is 2. The van der Waals surface area contributed by atoms with Gasteiger partial charge >= 0.3 is 0 Å². The lowest BCUT2D eigenvalue weighted by Crippen LogP contribution is -2.34. The van der Waals surface area contributed by atoms with Gasteiger partial charge in [-0.2, -0.15) is 0 Å². The van der Waals surface area contributed by atoms with Crippen molar-refractivity contribution in [3.63, 3.8) is 0 Å². The molecule has 2 amide bonds. The van der Waals surface area contributed by atoms with E-state index >= 15 is 0 Å². The Labute approximate surface area is 145 Å². The summed E-state index contributed by atoms with van der Waals surface area (Å²) in [6.07, 6.45) is 2.46. The van der Waals surface area contributed by atoms with Gasteiger partial charge in [0.2, 0.25) is 11.8 Å². The second-order valence-corrected chi connectivity index (χ2v) is 6.16. The Morgan fingerprint density at radius 1 is 0.917 bits per heavy atom. The van der Waals surface area contributed by atoms with Gasteiger partial charge in [-0.15, -0.1) is 0 Å². The average Bonchev–Trinajstić information content (AvgIpc) is 2.59. The average molecular weight is 340 g/mol. The van der Waals surface area contributed by atoms with E-state index in [1.807, 2.05) is 20.8 Å². The van der Waals surface area contributed by atoms with Crippen LogP contribution in [0.2, 0.25) is 0 Å². The molecule has 0 aromatic rings. The third-order valence-electron chi connectivity index (χ3n) is 3.65. The predicted octanol–water partition coefficient (Wildman–Crippen LogP) is 1.67. The van der Waals surface area contributed by atoms with E-state index in [2.05, 4.69) is 30.7 Å². The largest absolute Gasteiger partial charge is 0.378 e. The highest BCUT2D eigenvalue weighted by Gasteiger charge is 2.16. The fourth-order valence-corrected chi connectivity index (χ4v) is 1.71. The summed E-state index contributed by atoms with van der Waals surface area (Å²) in [5.41, 5.74) is 0. The molecule has 4 unspecified atom stereocenters. The molecule has 0 radical (unpaired) electrons. The molecule has 0 bridgehead atoms. The molecule has 0 aliphatic carbocycles. The summed E-state index contributed by atoms with van der Waals surface area (Å²) in [4.78, 5) is 22.2. The van der Waals surface area contributed by atoms with Gasteiger partial charge in [-0.25, -0.2) is 0 Å². The van der Waals surface area contributed by atoms with Crippen LogP contribution >= 0.6 is 0 Å². The number of carbonyl (C=O) groups is 2. The highest BCUT2D eigenvalue weighted by Crippen LogP contribution is 2.10.